The summed E-state index contributed by atoms with van der Waals surface area (Å²) in [5.41, 5.74) is 1.04. The summed E-state index contributed by atoms with van der Waals surface area (Å²) in [5.74, 6) is 0.438. The van der Waals surface area contributed by atoms with Gasteiger partial charge >= 0.3 is 5.63 Å². The summed E-state index contributed by atoms with van der Waals surface area (Å²) in [6.45, 7) is 4.26. The Morgan fingerprint density at radius 3 is 2.78 bits per heavy atom. The number of morpholine rings is 1. The van der Waals surface area contributed by atoms with Gasteiger partial charge in [-0.05, 0) is 24.1 Å². The van der Waals surface area contributed by atoms with Crippen LogP contribution in [0.3, 0.4) is 0 Å². The molecule has 0 unspecified atom stereocenters. The van der Waals surface area contributed by atoms with E-state index < -0.39 is 0 Å². The molecule has 6 nitrogen and oxygen atoms in total. The van der Waals surface area contributed by atoms with Gasteiger partial charge in [0.15, 0.2) is 6.61 Å². The lowest BCUT2D eigenvalue weighted by molar-refractivity contribution is -0.137. The highest BCUT2D eigenvalue weighted by atomic mass is 16.5. The van der Waals surface area contributed by atoms with Crippen LogP contribution >= 0.6 is 0 Å². The van der Waals surface area contributed by atoms with Gasteiger partial charge in [0.05, 0.1) is 13.2 Å². The van der Waals surface area contributed by atoms with Gasteiger partial charge in [-0.25, -0.2) is 4.79 Å². The summed E-state index contributed by atoms with van der Waals surface area (Å²) in [7, 11) is 0. The Bertz CT molecular complexity index is 761. The number of carbonyl (C=O) groups excluding carboxylic acids is 1. The van der Waals surface area contributed by atoms with Crippen molar-refractivity contribution in [2.24, 2.45) is 0 Å². The molecule has 23 heavy (non-hydrogen) atoms. The molecular weight excluding hydrogens is 298 g/mol. The second-order valence-corrected chi connectivity index (χ2v) is 5.38. The third-order valence-corrected chi connectivity index (χ3v) is 3.91. The second kappa shape index (κ2) is 6.83. The molecule has 1 aliphatic heterocycles. The van der Waals surface area contributed by atoms with Crippen molar-refractivity contribution in [1.29, 1.82) is 0 Å². The largest absolute Gasteiger partial charge is 0.484 e. The summed E-state index contributed by atoms with van der Waals surface area (Å²) >= 11 is 0. The van der Waals surface area contributed by atoms with Crippen molar-refractivity contribution in [3.05, 3.63) is 40.2 Å². The number of hydrogen-bond donors (Lipinski definition) is 0. The first-order chi connectivity index (χ1) is 11.2. The molecule has 1 aromatic heterocycles. The van der Waals surface area contributed by atoms with E-state index in [4.69, 9.17) is 13.9 Å². The van der Waals surface area contributed by atoms with E-state index in [0.717, 1.165) is 17.4 Å². The number of amides is 1. The summed E-state index contributed by atoms with van der Waals surface area (Å²) in [6, 6.07) is 6.80. The highest BCUT2D eigenvalue weighted by Crippen LogP contribution is 2.23. The van der Waals surface area contributed by atoms with Crippen molar-refractivity contribution in [3.63, 3.8) is 0 Å². The smallest absolute Gasteiger partial charge is 0.336 e. The van der Waals surface area contributed by atoms with Gasteiger partial charge in [0.2, 0.25) is 0 Å². The number of aryl methyl sites for hydroxylation is 1. The molecular formula is C17H19NO5. The van der Waals surface area contributed by atoms with Crippen molar-refractivity contribution in [2.45, 2.75) is 13.3 Å². The van der Waals surface area contributed by atoms with E-state index in [2.05, 4.69) is 0 Å². The molecule has 0 N–H and O–H groups in total. The van der Waals surface area contributed by atoms with Crippen LogP contribution < -0.4 is 10.4 Å². The predicted molar refractivity (Wildman–Crippen MR) is 84.8 cm³/mol. The van der Waals surface area contributed by atoms with Crippen LogP contribution in [0.25, 0.3) is 11.0 Å². The highest BCUT2D eigenvalue weighted by molar-refractivity contribution is 5.82. The van der Waals surface area contributed by atoms with Gasteiger partial charge in [-0.15, -0.1) is 0 Å². The summed E-state index contributed by atoms with van der Waals surface area (Å²) < 4.78 is 16.0. The van der Waals surface area contributed by atoms with Crippen molar-refractivity contribution in [3.8, 4) is 5.75 Å². The number of ether oxygens (including phenoxy) is 2. The van der Waals surface area contributed by atoms with Crippen LogP contribution in [0.1, 0.15) is 12.5 Å². The van der Waals surface area contributed by atoms with Crippen molar-refractivity contribution < 1.29 is 18.7 Å². The zero-order chi connectivity index (χ0) is 16.2. The van der Waals surface area contributed by atoms with Crippen molar-refractivity contribution in [1.82, 2.24) is 4.90 Å². The molecule has 2 aromatic rings. The normalized spacial score (nSPS) is 14.9. The molecule has 3 rings (SSSR count). The van der Waals surface area contributed by atoms with Gasteiger partial charge < -0.3 is 18.8 Å². The van der Waals surface area contributed by atoms with Crippen LogP contribution in [0.5, 0.6) is 5.75 Å². The molecule has 1 amide bonds. The number of carbonyl (C=O) groups is 1. The molecule has 0 atom stereocenters. The number of rotatable bonds is 4. The first-order valence-corrected chi connectivity index (χ1v) is 7.72. The fourth-order valence-electron chi connectivity index (χ4n) is 2.64. The summed E-state index contributed by atoms with van der Waals surface area (Å²) in [6.07, 6.45) is 0.748. The molecule has 1 aromatic carbocycles. The monoisotopic (exact) mass is 317 g/mol. The minimum atomic E-state index is -0.379. The molecule has 0 aliphatic carbocycles. The van der Waals surface area contributed by atoms with Gasteiger partial charge in [0.1, 0.15) is 11.3 Å². The molecule has 1 saturated heterocycles. The second-order valence-electron chi connectivity index (χ2n) is 5.38. The molecule has 1 fully saturated rings. The molecule has 6 heteroatoms. The quantitative estimate of drug-likeness (QED) is 0.801. The van der Waals surface area contributed by atoms with Gasteiger partial charge in [0, 0.05) is 30.6 Å². The fraction of sp³-hybridized carbons (Fsp3) is 0.412. The third kappa shape index (κ3) is 3.53. The first-order valence-electron chi connectivity index (χ1n) is 7.72. The molecule has 0 radical (unpaired) electrons. The highest BCUT2D eigenvalue weighted by Gasteiger charge is 2.17. The van der Waals surface area contributed by atoms with Crippen LogP contribution in [-0.4, -0.2) is 43.7 Å². The fourth-order valence-corrected chi connectivity index (χ4v) is 2.64. The van der Waals surface area contributed by atoms with Crippen LogP contribution in [0.15, 0.2) is 33.5 Å². The third-order valence-electron chi connectivity index (χ3n) is 3.91. The average molecular weight is 317 g/mol. The lowest BCUT2D eigenvalue weighted by atomic mass is 10.1. The molecule has 122 valence electrons. The predicted octanol–water partition coefficient (Wildman–Crippen LogP) is 1.59. The van der Waals surface area contributed by atoms with Crippen LogP contribution in [0.2, 0.25) is 0 Å². The number of nitrogens with zero attached hydrogens (tertiary/aromatic N) is 1. The Hall–Kier alpha value is -2.34. The number of benzene rings is 1. The minimum Gasteiger partial charge on any atom is -0.484 e. The van der Waals surface area contributed by atoms with Crippen LogP contribution in [0.4, 0.5) is 0 Å². The maximum absolute atomic E-state index is 12.1. The van der Waals surface area contributed by atoms with Gasteiger partial charge in [-0.3, -0.25) is 4.79 Å². The van der Waals surface area contributed by atoms with Gasteiger partial charge in [0.25, 0.3) is 5.91 Å². The Morgan fingerprint density at radius 1 is 1.26 bits per heavy atom. The Balaban J connectivity index is 1.73. The standard InChI is InChI=1S/C17H19NO5/c1-2-12-9-17(20)23-15-10-13(3-4-14(12)15)22-11-16(19)18-5-7-21-8-6-18/h3-4,9-10H,2,5-8,11H2,1H3. The molecule has 0 saturated carbocycles. The topological polar surface area (TPSA) is 69.0 Å². The van der Waals surface area contributed by atoms with Crippen molar-refractivity contribution >= 4 is 16.9 Å². The van der Waals surface area contributed by atoms with E-state index in [-0.39, 0.29) is 18.1 Å². The van der Waals surface area contributed by atoms with E-state index >= 15 is 0 Å². The summed E-state index contributed by atoms with van der Waals surface area (Å²) in [4.78, 5) is 25.4. The average Bonchev–Trinajstić information content (AvgIpc) is 2.59. The minimum absolute atomic E-state index is 0.0385. The van der Waals surface area contributed by atoms with E-state index in [1.807, 2.05) is 13.0 Å². The van der Waals surface area contributed by atoms with Crippen LogP contribution in [-0.2, 0) is 16.0 Å². The van der Waals surface area contributed by atoms with Gasteiger partial charge in [-0.2, -0.15) is 0 Å². The zero-order valence-corrected chi connectivity index (χ0v) is 13.0. The van der Waals surface area contributed by atoms with E-state index in [1.165, 1.54) is 6.07 Å². The Labute approximate surface area is 133 Å². The maximum Gasteiger partial charge on any atom is 0.336 e. The molecule has 1 aliphatic rings. The Kier molecular flexibility index (Phi) is 4.62. The lowest BCUT2D eigenvalue weighted by Crippen LogP contribution is -2.42. The Morgan fingerprint density at radius 2 is 2.04 bits per heavy atom. The van der Waals surface area contributed by atoms with Crippen molar-refractivity contribution in [2.75, 3.05) is 32.9 Å². The first kappa shape index (κ1) is 15.6. The van der Waals surface area contributed by atoms with Gasteiger partial charge in [-0.1, -0.05) is 6.92 Å². The van der Waals surface area contributed by atoms with E-state index in [9.17, 15) is 9.59 Å². The van der Waals surface area contributed by atoms with E-state index in [1.54, 1.807) is 17.0 Å². The maximum atomic E-state index is 12.1. The SMILES string of the molecule is CCc1cc(=O)oc2cc(OCC(=O)N3CCOCC3)ccc12. The zero-order valence-electron chi connectivity index (χ0n) is 13.0. The number of fused-ring (bicyclic) bond motifs is 1. The molecule has 0 spiro atoms. The van der Waals surface area contributed by atoms with Crippen LogP contribution in [0, 0.1) is 0 Å². The van der Waals surface area contributed by atoms with E-state index in [0.29, 0.717) is 37.6 Å². The number of hydrogen-bond acceptors (Lipinski definition) is 5. The molecule has 0 bridgehead atoms. The summed E-state index contributed by atoms with van der Waals surface area (Å²) in [5, 5.41) is 0.888. The lowest BCUT2D eigenvalue weighted by Gasteiger charge is -2.26. The molecule has 2 heterocycles.